The second-order valence-electron chi connectivity index (χ2n) is 8.68. The number of anilines is 1. The van der Waals surface area contributed by atoms with Crippen molar-refractivity contribution in [3.8, 4) is 0 Å². The molecule has 5 rings (SSSR count). The highest BCUT2D eigenvalue weighted by atomic mass is 32.3. The number of ether oxygens (including phenoxy) is 1. The molecule has 3 aliphatic rings. The SMILES string of the molecule is O=C[SH](=O)(NC1CC=C(c2cc(NC(=O)C3CC3)nc3[nH]ccc23)CC1)N1CCOCC1. The van der Waals surface area contributed by atoms with Crippen molar-refractivity contribution in [2.24, 2.45) is 5.92 Å². The van der Waals surface area contributed by atoms with Crippen molar-refractivity contribution in [3.63, 3.8) is 0 Å². The summed E-state index contributed by atoms with van der Waals surface area (Å²) < 4.78 is 23.4. The van der Waals surface area contributed by atoms with Crippen LogP contribution in [-0.2, 0) is 24.6 Å². The average molecular weight is 460 g/mol. The lowest BCUT2D eigenvalue weighted by Crippen LogP contribution is -2.55. The Labute approximate surface area is 187 Å². The first-order valence-corrected chi connectivity index (χ1v) is 12.9. The van der Waals surface area contributed by atoms with Gasteiger partial charge in [-0.15, -0.1) is 0 Å². The van der Waals surface area contributed by atoms with Crippen molar-refractivity contribution >= 4 is 44.3 Å². The van der Waals surface area contributed by atoms with E-state index in [-0.39, 0.29) is 17.9 Å². The maximum atomic E-state index is 13.2. The lowest BCUT2D eigenvalue weighted by atomic mass is 9.90. The van der Waals surface area contributed by atoms with Crippen LogP contribution in [-0.4, -0.2) is 62.4 Å². The van der Waals surface area contributed by atoms with Crippen LogP contribution in [0.15, 0.2) is 24.4 Å². The molecular formula is C22H29N5O4S. The summed E-state index contributed by atoms with van der Waals surface area (Å²) >= 11 is 0. The van der Waals surface area contributed by atoms with Crippen molar-refractivity contribution < 1.29 is 18.5 Å². The summed E-state index contributed by atoms with van der Waals surface area (Å²) in [6.45, 7) is 1.97. The van der Waals surface area contributed by atoms with Gasteiger partial charge < -0.3 is 15.0 Å². The molecule has 3 N–H and O–H groups in total. The van der Waals surface area contributed by atoms with E-state index in [4.69, 9.17) is 4.74 Å². The molecule has 1 aliphatic heterocycles. The number of nitrogens with zero attached hydrogens (tertiary/aromatic N) is 2. The maximum absolute atomic E-state index is 13.2. The van der Waals surface area contributed by atoms with Crippen LogP contribution in [0.25, 0.3) is 16.6 Å². The van der Waals surface area contributed by atoms with Crippen molar-refractivity contribution in [3.05, 3.63) is 30.0 Å². The molecule has 1 atom stereocenters. The zero-order valence-electron chi connectivity index (χ0n) is 17.9. The van der Waals surface area contributed by atoms with Crippen molar-refractivity contribution in [1.29, 1.82) is 0 Å². The number of H-pyrrole nitrogens is 1. The molecule has 10 heteroatoms. The Bertz CT molecular complexity index is 1100. The minimum absolute atomic E-state index is 0.0315. The number of nitrogens with one attached hydrogen (secondary N) is 3. The van der Waals surface area contributed by atoms with Gasteiger partial charge in [0.25, 0.3) is 0 Å². The van der Waals surface area contributed by atoms with Crippen LogP contribution in [0.4, 0.5) is 5.82 Å². The lowest BCUT2D eigenvalue weighted by Gasteiger charge is -2.38. The predicted octanol–water partition coefficient (Wildman–Crippen LogP) is 1.81. The number of rotatable bonds is 7. The molecule has 3 heterocycles. The van der Waals surface area contributed by atoms with E-state index < -0.39 is 10.3 Å². The van der Waals surface area contributed by atoms with E-state index in [2.05, 4.69) is 26.1 Å². The van der Waals surface area contributed by atoms with E-state index >= 15 is 0 Å². The molecule has 1 amide bonds. The van der Waals surface area contributed by atoms with Gasteiger partial charge in [0.1, 0.15) is 11.5 Å². The fraction of sp³-hybridized carbons (Fsp3) is 0.500. The smallest absolute Gasteiger partial charge is 0.228 e. The van der Waals surface area contributed by atoms with Crippen LogP contribution in [0.5, 0.6) is 0 Å². The number of morpholine rings is 1. The monoisotopic (exact) mass is 459 g/mol. The second kappa shape index (κ2) is 8.86. The standard InChI is InChI=1S/C22H29N5O4S/c28-14-32(30,27-9-11-31-12-10-27)26-17-5-3-15(4-6-17)19-13-20(25-22(29)16-1-2-16)24-21-18(19)7-8-23-21/h3,7-8,13-14,16-17,32H,1-2,4-6,9-12H2,(H,26,30)(H2,23,24,25,29). The van der Waals surface area contributed by atoms with Crippen LogP contribution in [0.1, 0.15) is 37.7 Å². The molecular weight excluding hydrogens is 430 g/mol. The summed E-state index contributed by atoms with van der Waals surface area (Å²) in [5.74, 6) is 0.704. The third-order valence-corrected chi connectivity index (χ3v) is 8.66. The van der Waals surface area contributed by atoms with E-state index in [0.29, 0.717) is 44.2 Å². The highest BCUT2D eigenvalue weighted by molar-refractivity contribution is 8.11. The number of carbonyl (C=O) groups excluding carboxylic acids is 2. The molecule has 2 aromatic rings. The highest BCUT2D eigenvalue weighted by Gasteiger charge is 2.31. The summed E-state index contributed by atoms with van der Waals surface area (Å²) in [6.07, 6.45) is 8.10. The van der Waals surface area contributed by atoms with E-state index in [1.807, 2.05) is 18.3 Å². The number of hydrogen-bond donors (Lipinski definition) is 4. The molecule has 9 nitrogen and oxygen atoms in total. The average Bonchev–Trinajstić information content (AvgIpc) is 3.57. The third kappa shape index (κ3) is 4.40. The maximum Gasteiger partial charge on any atom is 0.228 e. The number of pyridine rings is 1. The van der Waals surface area contributed by atoms with Gasteiger partial charge in [-0.3, -0.25) is 9.59 Å². The fourth-order valence-corrected chi connectivity index (χ4v) is 6.30. The summed E-state index contributed by atoms with van der Waals surface area (Å²) in [5.41, 5.74) is 3.54. The Morgan fingerprint density at radius 1 is 1.28 bits per heavy atom. The molecule has 1 unspecified atom stereocenters. The summed E-state index contributed by atoms with van der Waals surface area (Å²) in [5, 5.41) is 3.96. The van der Waals surface area contributed by atoms with E-state index in [0.717, 1.165) is 42.3 Å². The van der Waals surface area contributed by atoms with E-state index in [1.54, 1.807) is 4.31 Å². The first kappa shape index (κ1) is 21.4. The van der Waals surface area contributed by atoms with Gasteiger partial charge in [-0.1, -0.05) is 6.08 Å². The molecule has 172 valence electrons. The lowest BCUT2D eigenvalue weighted by molar-refractivity contribution is -0.117. The minimum Gasteiger partial charge on any atom is -0.379 e. The first-order chi connectivity index (χ1) is 15.6. The zero-order valence-corrected chi connectivity index (χ0v) is 18.8. The van der Waals surface area contributed by atoms with Gasteiger partial charge in [-0.2, -0.15) is 0 Å². The van der Waals surface area contributed by atoms with Crippen molar-refractivity contribution in [2.75, 3.05) is 31.6 Å². The predicted molar refractivity (Wildman–Crippen MR) is 125 cm³/mol. The third-order valence-electron chi connectivity index (χ3n) is 6.40. The van der Waals surface area contributed by atoms with Crippen LogP contribution < -0.4 is 10.0 Å². The molecule has 0 aromatic carbocycles. The Morgan fingerprint density at radius 2 is 2.09 bits per heavy atom. The summed E-state index contributed by atoms with van der Waals surface area (Å²) in [7, 11) is -3.26. The van der Waals surface area contributed by atoms with Gasteiger partial charge in [0.05, 0.1) is 13.2 Å². The number of carbonyl (C=O) groups is 2. The van der Waals surface area contributed by atoms with E-state index in [9.17, 15) is 13.8 Å². The van der Waals surface area contributed by atoms with Gasteiger partial charge in [-0.25, -0.2) is 18.2 Å². The Balaban J connectivity index is 1.33. The zero-order chi connectivity index (χ0) is 22.1. The quantitative estimate of drug-likeness (QED) is 0.372. The Hall–Kier alpha value is -2.40. The molecule has 32 heavy (non-hydrogen) atoms. The largest absolute Gasteiger partial charge is 0.379 e. The highest BCUT2D eigenvalue weighted by Crippen LogP contribution is 2.34. The van der Waals surface area contributed by atoms with Crippen LogP contribution >= 0.6 is 0 Å². The van der Waals surface area contributed by atoms with Crippen LogP contribution in [0.2, 0.25) is 0 Å². The summed E-state index contributed by atoms with van der Waals surface area (Å²) in [4.78, 5) is 31.6. The molecule has 2 fully saturated rings. The number of allylic oxidation sites excluding steroid dienone is 1. The number of aromatic amines is 1. The fourth-order valence-electron chi connectivity index (χ4n) is 4.43. The topological polar surface area (TPSA) is 116 Å². The molecule has 1 saturated heterocycles. The number of amides is 1. The minimum atomic E-state index is -3.26. The van der Waals surface area contributed by atoms with Gasteiger partial charge in [0.2, 0.25) is 11.5 Å². The van der Waals surface area contributed by atoms with Gasteiger partial charge in [0, 0.05) is 46.9 Å². The molecule has 0 radical (unpaired) electrons. The molecule has 2 aromatic heterocycles. The van der Waals surface area contributed by atoms with Gasteiger partial charge >= 0.3 is 0 Å². The molecule has 1 saturated carbocycles. The molecule has 0 spiro atoms. The van der Waals surface area contributed by atoms with Crippen molar-refractivity contribution in [2.45, 2.75) is 38.1 Å². The number of hydrogen-bond acceptors (Lipinski definition) is 5. The second-order valence-corrected chi connectivity index (χ2v) is 11.0. The first-order valence-electron chi connectivity index (χ1n) is 11.2. The Kier molecular flexibility index (Phi) is 5.93. The molecule has 2 aliphatic carbocycles. The summed E-state index contributed by atoms with van der Waals surface area (Å²) in [6, 6.07) is 3.91. The number of fused-ring (bicyclic) bond motifs is 1. The van der Waals surface area contributed by atoms with Gasteiger partial charge in [-0.05, 0) is 55.4 Å². The Morgan fingerprint density at radius 3 is 2.78 bits per heavy atom. The van der Waals surface area contributed by atoms with Crippen LogP contribution in [0.3, 0.4) is 0 Å². The van der Waals surface area contributed by atoms with E-state index in [1.165, 1.54) is 5.57 Å². The van der Waals surface area contributed by atoms with Gasteiger partial charge in [0.15, 0.2) is 0 Å². The van der Waals surface area contributed by atoms with Crippen molar-refractivity contribution in [1.82, 2.24) is 19.0 Å². The number of aromatic nitrogens is 2. The van der Waals surface area contributed by atoms with Crippen LogP contribution in [0, 0.1) is 5.92 Å². The normalized spacial score (nSPS) is 23.0. The molecule has 0 bridgehead atoms. The number of thiol groups is 1.